The summed E-state index contributed by atoms with van der Waals surface area (Å²) in [5.74, 6) is 0.711. The van der Waals surface area contributed by atoms with Crippen molar-refractivity contribution in [2.45, 2.75) is 6.61 Å². The van der Waals surface area contributed by atoms with Crippen LogP contribution in [0.15, 0.2) is 70.9 Å². The zero-order valence-electron chi connectivity index (χ0n) is 16.0. The van der Waals surface area contributed by atoms with Crippen molar-refractivity contribution in [2.24, 2.45) is 0 Å². The highest BCUT2D eigenvalue weighted by Crippen LogP contribution is 2.35. The summed E-state index contributed by atoms with van der Waals surface area (Å²) in [6.45, 7) is 0.218. The molecule has 5 aromatic rings. The molecule has 150 valence electrons. The van der Waals surface area contributed by atoms with Crippen LogP contribution in [0.3, 0.4) is 0 Å². The van der Waals surface area contributed by atoms with Crippen molar-refractivity contribution in [3.63, 3.8) is 0 Å². The van der Waals surface area contributed by atoms with Gasteiger partial charge >= 0.3 is 0 Å². The first-order chi connectivity index (χ1) is 15.3. The van der Waals surface area contributed by atoms with Gasteiger partial charge in [-0.3, -0.25) is 10.3 Å². The Kier molecular flexibility index (Phi) is 4.96. The molecule has 0 aliphatic rings. The molecule has 0 bridgehead atoms. The standard InChI is InChI=1S/C22H13N6O2S/c23-11-18-17(16-6-7-29-13-16)10-19(20-5-2-8-31-20)24-22(18)30-12-14-3-1-4-15(9-14)21-25-27-28-26-21/h1-10,13H,12H2/q-1. The first kappa shape index (κ1) is 18.7. The van der Waals surface area contributed by atoms with Crippen LogP contribution in [0.25, 0.3) is 33.1 Å². The number of nitriles is 1. The van der Waals surface area contributed by atoms with E-state index in [4.69, 9.17) is 9.15 Å². The van der Waals surface area contributed by atoms with Crippen molar-refractivity contribution in [1.82, 2.24) is 25.6 Å². The van der Waals surface area contributed by atoms with E-state index in [0.29, 0.717) is 17.0 Å². The van der Waals surface area contributed by atoms with Crippen LogP contribution in [0.5, 0.6) is 5.88 Å². The molecule has 4 aromatic heterocycles. The van der Waals surface area contributed by atoms with Crippen LogP contribution in [0.1, 0.15) is 11.1 Å². The third-order valence-corrected chi connectivity index (χ3v) is 5.48. The molecular weight excluding hydrogens is 412 g/mol. The molecule has 0 aliphatic carbocycles. The van der Waals surface area contributed by atoms with E-state index in [9.17, 15) is 5.26 Å². The average Bonchev–Trinajstić information content (AvgIpc) is 3.60. The SMILES string of the molecule is N#Cc1c(-c2ccoc2)cc(-c2cccs2)nc1OCc1cccc(-c2nnn[n-]2)c1. The van der Waals surface area contributed by atoms with E-state index in [0.717, 1.165) is 27.3 Å². The Morgan fingerprint density at radius 2 is 2.10 bits per heavy atom. The topological polar surface area (TPSA) is 112 Å². The molecule has 0 unspecified atom stereocenters. The van der Waals surface area contributed by atoms with E-state index < -0.39 is 0 Å². The van der Waals surface area contributed by atoms with E-state index >= 15 is 0 Å². The summed E-state index contributed by atoms with van der Waals surface area (Å²) in [5, 5.41) is 26.6. The molecule has 9 heteroatoms. The van der Waals surface area contributed by atoms with Gasteiger partial charge < -0.3 is 14.3 Å². The van der Waals surface area contributed by atoms with E-state index in [1.807, 2.05) is 53.9 Å². The number of hydrogen-bond acceptors (Lipinski definition) is 8. The first-order valence-electron chi connectivity index (χ1n) is 9.24. The van der Waals surface area contributed by atoms with Gasteiger partial charge in [-0.1, -0.05) is 24.3 Å². The van der Waals surface area contributed by atoms with Crippen molar-refractivity contribution < 1.29 is 9.15 Å². The van der Waals surface area contributed by atoms with E-state index in [1.54, 1.807) is 23.9 Å². The maximum Gasteiger partial charge on any atom is 0.233 e. The molecule has 4 heterocycles. The summed E-state index contributed by atoms with van der Waals surface area (Å²) in [7, 11) is 0. The largest absolute Gasteiger partial charge is 0.472 e. The quantitative estimate of drug-likeness (QED) is 0.395. The summed E-state index contributed by atoms with van der Waals surface area (Å²) in [6, 6.07) is 17.4. The number of aromatic nitrogens is 5. The van der Waals surface area contributed by atoms with Crippen LogP contribution in [-0.4, -0.2) is 20.5 Å². The zero-order valence-corrected chi connectivity index (χ0v) is 16.8. The molecular formula is C22H13N6O2S-. The van der Waals surface area contributed by atoms with Gasteiger partial charge in [0, 0.05) is 17.0 Å². The number of thiophene rings is 1. The van der Waals surface area contributed by atoms with E-state index in [1.165, 1.54) is 0 Å². The van der Waals surface area contributed by atoms with Gasteiger partial charge in [0.05, 0.1) is 23.1 Å². The van der Waals surface area contributed by atoms with Gasteiger partial charge in [-0.2, -0.15) is 10.5 Å². The highest BCUT2D eigenvalue weighted by atomic mass is 32.1. The predicted molar refractivity (Wildman–Crippen MR) is 113 cm³/mol. The molecule has 0 N–H and O–H groups in total. The van der Waals surface area contributed by atoms with Gasteiger partial charge in [0.25, 0.3) is 0 Å². The molecule has 0 fully saturated rings. The number of rotatable bonds is 6. The van der Waals surface area contributed by atoms with Crippen LogP contribution in [-0.2, 0) is 6.61 Å². The highest BCUT2D eigenvalue weighted by Gasteiger charge is 2.18. The number of pyridine rings is 1. The maximum atomic E-state index is 9.86. The van der Waals surface area contributed by atoms with Crippen LogP contribution in [0.2, 0.25) is 0 Å². The lowest BCUT2D eigenvalue weighted by Crippen LogP contribution is -2.02. The van der Waals surface area contributed by atoms with Crippen molar-refractivity contribution in [3.05, 3.63) is 77.6 Å². The lowest BCUT2D eigenvalue weighted by Gasteiger charge is -2.12. The summed E-state index contributed by atoms with van der Waals surface area (Å²) in [4.78, 5) is 5.62. The highest BCUT2D eigenvalue weighted by molar-refractivity contribution is 7.13. The smallest absolute Gasteiger partial charge is 0.233 e. The molecule has 0 saturated heterocycles. The molecule has 0 atom stereocenters. The van der Waals surface area contributed by atoms with Crippen LogP contribution >= 0.6 is 11.3 Å². The van der Waals surface area contributed by atoms with Crippen molar-refractivity contribution in [1.29, 1.82) is 5.26 Å². The minimum atomic E-state index is 0.218. The van der Waals surface area contributed by atoms with Crippen molar-refractivity contribution in [3.8, 4) is 45.0 Å². The Bertz CT molecular complexity index is 1340. The lowest BCUT2D eigenvalue weighted by molar-refractivity contribution is 0.293. The maximum absolute atomic E-state index is 9.86. The third-order valence-electron chi connectivity index (χ3n) is 4.58. The van der Waals surface area contributed by atoms with Crippen LogP contribution in [0, 0.1) is 11.3 Å². The summed E-state index contributed by atoms with van der Waals surface area (Å²) in [5.41, 5.74) is 4.24. The Morgan fingerprint density at radius 3 is 2.84 bits per heavy atom. The minimum Gasteiger partial charge on any atom is -0.472 e. The van der Waals surface area contributed by atoms with Gasteiger partial charge in [0.2, 0.25) is 5.88 Å². The van der Waals surface area contributed by atoms with Crippen LogP contribution < -0.4 is 9.84 Å². The Morgan fingerprint density at radius 1 is 1.13 bits per heavy atom. The molecule has 8 nitrogen and oxygen atoms in total. The fraction of sp³-hybridized carbons (Fsp3) is 0.0455. The minimum absolute atomic E-state index is 0.218. The number of ether oxygens (including phenoxy) is 1. The van der Waals surface area contributed by atoms with E-state index in [2.05, 4.69) is 31.7 Å². The van der Waals surface area contributed by atoms with Gasteiger partial charge in [0.1, 0.15) is 18.2 Å². The van der Waals surface area contributed by atoms with Gasteiger partial charge in [0.15, 0.2) is 0 Å². The van der Waals surface area contributed by atoms with Gasteiger partial charge in [-0.25, -0.2) is 4.98 Å². The summed E-state index contributed by atoms with van der Waals surface area (Å²) >= 11 is 1.57. The van der Waals surface area contributed by atoms with Crippen LogP contribution in [0.4, 0.5) is 0 Å². The number of tetrazole rings is 1. The second kappa shape index (κ2) is 8.22. The summed E-state index contributed by atoms with van der Waals surface area (Å²) < 4.78 is 11.3. The van der Waals surface area contributed by atoms with Crippen molar-refractivity contribution in [2.75, 3.05) is 0 Å². The second-order valence-electron chi connectivity index (χ2n) is 6.53. The summed E-state index contributed by atoms with van der Waals surface area (Å²) in [6.07, 6.45) is 3.17. The first-order valence-corrected chi connectivity index (χ1v) is 10.1. The second-order valence-corrected chi connectivity index (χ2v) is 7.48. The predicted octanol–water partition coefficient (Wildman–Crippen LogP) is 4.33. The Balaban J connectivity index is 1.51. The third kappa shape index (κ3) is 3.80. The molecule has 0 amide bonds. The molecule has 5 rings (SSSR count). The van der Waals surface area contributed by atoms with Gasteiger partial charge in [-0.15, -0.1) is 11.3 Å². The zero-order chi connectivity index (χ0) is 21.0. The van der Waals surface area contributed by atoms with Crippen molar-refractivity contribution >= 4 is 11.3 Å². The fourth-order valence-corrected chi connectivity index (χ4v) is 3.83. The van der Waals surface area contributed by atoms with Gasteiger partial charge in [-0.05, 0) is 40.8 Å². The number of hydrogen-bond donors (Lipinski definition) is 0. The van der Waals surface area contributed by atoms with E-state index in [-0.39, 0.29) is 12.5 Å². The molecule has 0 aliphatic heterocycles. The molecule has 0 spiro atoms. The average molecular weight is 425 g/mol. The molecule has 1 aromatic carbocycles. The Labute approximate surface area is 180 Å². The molecule has 31 heavy (non-hydrogen) atoms. The fourth-order valence-electron chi connectivity index (χ4n) is 3.14. The number of benzene rings is 1. The molecule has 0 radical (unpaired) electrons. The normalized spacial score (nSPS) is 10.7. The Hall–Kier alpha value is -4.29. The molecule has 0 saturated carbocycles. The number of furan rings is 1. The lowest BCUT2D eigenvalue weighted by atomic mass is 10.0. The number of nitrogens with zero attached hydrogens (tertiary/aromatic N) is 6. The monoisotopic (exact) mass is 425 g/mol.